The number of nitrogens with one attached hydrogen (secondary N) is 3. The van der Waals surface area contributed by atoms with E-state index in [1.807, 2.05) is 36.5 Å². The fraction of sp³-hybridized carbons (Fsp3) is 0.439. The molecule has 3 aliphatic heterocycles. The van der Waals surface area contributed by atoms with Gasteiger partial charge >= 0.3 is 6.01 Å². The second-order valence-corrected chi connectivity index (χ2v) is 14.8. The molecule has 0 aliphatic carbocycles. The van der Waals surface area contributed by atoms with E-state index in [-0.39, 0.29) is 42.7 Å². The van der Waals surface area contributed by atoms with Crippen molar-refractivity contribution in [1.29, 1.82) is 0 Å². The summed E-state index contributed by atoms with van der Waals surface area (Å²) in [6.07, 6.45) is 6.70. The Kier molecular flexibility index (Phi) is 11.4. The number of carbonyl (C=O) groups is 4. The van der Waals surface area contributed by atoms with E-state index in [4.69, 9.17) is 14.7 Å². The molecule has 1 atom stereocenters. The van der Waals surface area contributed by atoms with Crippen molar-refractivity contribution >= 4 is 40.9 Å². The summed E-state index contributed by atoms with van der Waals surface area (Å²) in [4.78, 5) is 63.0. The maximum absolute atomic E-state index is 13.1. The number of amides is 4. The number of likely N-dealkylation sites (tertiary alicyclic amines) is 1. The number of unbranched alkanes of at least 4 members (excludes halogenated alkanes) is 2. The van der Waals surface area contributed by atoms with Gasteiger partial charge in [-0.25, -0.2) is 0 Å². The molecule has 3 aliphatic rings. The van der Waals surface area contributed by atoms with Crippen LogP contribution in [-0.2, 0) is 27.5 Å². The van der Waals surface area contributed by atoms with Crippen LogP contribution in [-0.4, -0.2) is 85.3 Å². The van der Waals surface area contributed by atoms with Gasteiger partial charge in [-0.05, 0) is 80.5 Å². The Hall–Kier alpha value is -5.81. The van der Waals surface area contributed by atoms with Crippen molar-refractivity contribution in [3.63, 3.8) is 0 Å². The molecular weight excluding hydrogens is 699 g/mol. The molecular formula is C41H47N9O5. The second kappa shape index (κ2) is 16.7. The standard InChI is InChI=1S/C41H47N9O5/c1-26(2)32-24-43-50-37(32)46-41(55-30-19-21-48(3)22-20-30)47-40(50)42-23-27-13-15-29(16-14-27)44-35(51)12-7-5-4-6-9-28-10-8-11-31-33(28)25-49(39(31)54)34-17-18-36(52)45-38(34)53/h8,10-11,13-16,24,26,30,34H,4-5,7,12,17-23,25H2,1-3H3,(H,44,51)(H,42,46,47)(H,45,52,53). The van der Waals surface area contributed by atoms with Gasteiger partial charge in [-0.3, -0.25) is 24.5 Å². The molecule has 1 unspecified atom stereocenters. The van der Waals surface area contributed by atoms with Gasteiger partial charge in [0, 0.05) is 67.8 Å². The molecule has 2 fully saturated rings. The van der Waals surface area contributed by atoms with Gasteiger partial charge in [-0.1, -0.05) is 43.9 Å². The van der Waals surface area contributed by atoms with Crippen LogP contribution in [0.3, 0.4) is 0 Å². The predicted molar refractivity (Wildman–Crippen MR) is 206 cm³/mol. The van der Waals surface area contributed by atoms with Crippen LogP contribution in [0.1, 0.15) is 104 Å². The summed E-state index contributed by atoms with van der Waals surface area (Å²) < 4.78 is 7.99. The maximum Gasteiger partial charge on any atom is 0.322 e. The van der Waals surface area contributed by atoms with Crippen LogP contribution in [0.4, 0.5) is 11.6 Å². The molecule has 0 saturated carbocycles. The number of benzene rings is 2. The molecule has 5 heterocycles. The largest absolute Gasteiger partial charge is 0.460 e. The minimum absolute atomic E-state index is 0.0630. The van der Waals surface area contributed by atoms with Gasteiger partial charge in [-0.15, -0.1) is 0 Å². The zero-order valence-electron chi connectivity index (χ0n) is 31.6. The molecule has 2 aromatic carbocycles. The summed E-state index contributed by atoms with van der Waals surface area (Å²) in [5, 5.41) is 13.3. The molecule has 2 saturated heterocycles. The molecule has 0 spiro atoms. The zero-order chi connectivity index (χ0) is 38.5. The molecule has 55 heavy (non-hydrogen) atoms. The smallest absolute Gasteiger partial charge is 0.322 e. The Morgan fingerprint density at radius 3 is 2.60 bits per heavy atom. The monoisotopic (exact) mass is 745 g/mol. The van der Waals surface area contributed by atoms with Crippen LogP contribution in [0.5, 0.6) is 6.01 Å². The Morgan fingerprint density at radius 1 is 1.04 bits per heavy atom. The molecule has 0 radical (unpaired) electrons. The normalized spacial score (nSPS) is 17.6. The minimum atomic E-state index is -0.661. The first-order valence-electron chi connectivity index (χ1n) is 19.1. The molecule has 7 rings (SSSR count). The van der Waals surface area contributed by atoms with Crippen molar-refractivity contribution < 1.29 is 23.9 Å². The first kappa shape index (κ1) is 37.5. The van der Waals surface area contributed by atoms with Gasteiger partial charge in [0.2, 0.25) is 23.7 Å². The van der Waals surface area contributed by atoms with Crippen molar-refractivity contribution in [1.82, 2.24) is 34.7 Å². The van der Waals surface area contributed by atoms with Gasteiger partial charge in [0.1, 0.15) is 12.1 Å². The third-order valence-corrected chi connectivity index (χ3v) is 10.4. The Morgan fingerprint density at radius 2 is 1.84 bits per heavy atom. The number of hydrogen-bond donors (Lipinski definition) is 3. The van der Waals surface area contributed by atoms with Crippen LogP contribution >= 0.6 is 0 Å². The Balaban J connectivity index is 0.875. The summed E-state index contributed by atoms with van der Waals surface area (Å²) in [7, 11) is 2.12. The number of ether oxygens (including phenoxy) is 1. The Bertz CT molecular complexity index is 2140. The fourth-order valence-corrected chi connectivity index (χ4v) is 7.17. The Labute approximate surface area is 320 Å². The lowest BCUT2D eigenvalue weighted by atomic mass is 10.0. The van der Waals surface area contributed by atoms with Crippen molar-refractivity contribution in [2.45, 2.75) is 96.4 Å². The van der Waals surface area contributed by atoms with Gasteiger partial charge in [0.15, 0.2) is 5.65 Å². The van der Waals surface area contributed by atoms with Gasteiger partial charge in [0.05, 0.1) is 6.20 Å². The molecule has 0 bridgehead atoms. The third kappa shape index (κ3) is 8.78. The van der Waals surface area contributed by atoms with E-state index in [0.29, 0.717) is 49.8 Å². The lowest BCUT2D eigenvalue weighted by Crippen LogP contribution is -2.52. The summed E-state index contributed by atoms with van der Waals surface area (Å²) in [5.41, 5.74) is 5.60. The first-order chi connectivity index (χ1) is 26.6. The number of rotatable bonds is 12. The molecule has 4 amide bonds. The quantitative estimate of drug-likeness (QED) is 0.106. The van der Waals surface area contributed by atoms with E-state index in [1.165, 1.54) is 4.90 Å². The molecule has 14 nitrogen and oxygen atoms in total. The van der Waals surface area contributed by atoms with Crippen LogP contribution in [0.2, 0.25) is 0 Å². The molecule has 14 heteroatoms. The van der Waals surface area contributed by atoms with Crippen LogP contribution in [0, 0.1) is 11.8 Å². The van der Waals surface area contributed by atoms with E-state index in [0.717, 1.165) is 65.9 Å². The molecule has 3 N–H and O–H groups in total. The first-order valence-corrected chi connectivity index (χ1v) is 19.1. The molecule has 4 aromatic rings. The van der Waals surface area contributed by atoms with E-state index in [9.17, 15) is 19.2 Å². The second-order valence-electron chi connectivity index (χ2n) is 14.8. The minimum Gasteiger partial charge on any atom is -0.460 e. The number of imide groups is 1. The van der Waals surface area contributed by atoms with Crippen molar-refractivity contribution in [2.24, 2.45) is 0 Å². The average molecular weight is 746 g/mol. The summed E-state index contributed by atoms with van der Waals surface area (Å²) in [6, 6.07) is 12.8. The van der Waals surface area contributed by atoms with Gasteiger partial charge < -0.3 is 25.2 Å². The number of hydrogen-bond acceptors (Lipinski definition) is 10. The highest BCUT2D eigenvalue weighted by Gasteiger charge is 2.39. The maximum atomic E-state index is 13.1. The van der Waals surface area contributed by atoms with E-state index in [2.05, 4.69) is 58.7 Å². The number of anilines is 2. The average Bonchev–Trinajstić information content (AvgIpc) is 3.75. The third-order valence-electron chi connectivity index (χ3n) is 10.4. The van der Waals surface area contributed by atoms with Crippen molar-refractivity contribution in [3.05, 3.63) is 76.5 Å². The van der Waals surface area contributed by atoms with Crippen LogP contribution in [0.25, 0.3) is 5.65 Å². The molecule has 2 aromatic heterocycles. The predicted octanol–water partition coefficient (Wildman–Crippen LogP) is 4.64. The highest BCUT2D eigenvalue weighted by molar-refractivity contribution is 6.05. The van der Waals surface area contributed by atoms with Crippen LogP contribution in [0.15, 0.2) is 48.7 Å². The van der Waals surface area contributed by atoms with Gasteiger partial charge in [-0.2, -0.15) is 19.6 Å². The highest BCUT2D eigenvalue weighted by atomic mass is 16.5. The van der Waals surface area contributed by atoms with Gasteiger partial charge in [0.25, 0.3) is 5.91 Å². The number of carbonyl (C=O) groups excluding carboxylic acids is 4. The highest BCUT2D eigenvalue weighted by Crippen LogP contribution is 2.30. The van der Waals surface area contributed by atoms with E-state index in [1.54, 1.807) is 16.6 Å². The summed E-state index contributed by atoms with van der Waals surface area (Å²) >= 11 is 0. The fourth-order valence-electron chi connectivity index (χ4n) is 7.17. The number of piperidine rings is 2. The summed E-state index contributed by atoms with van der Waals surface area (Å²) in [5.74, 6) is 6.15. The molecule has 286 valence electrons. The lowest BCUT2D eigenvalue weighted by Gasteiger charge is -2.29. The lowest BCUT2D eigenvalue weighted by molar-refractivity contribution is -0.137. The van der Waals surface area contributed by atoms with Crippen LogP contribution < -0.4 is 20.7 Å². The number of fused-ring (bicyclic) bond motifs is 2. The zero-order valence-corrected chi connectivity index (χ0v) is 31.6. The topological polar surface area (TPSA) is 163 Å². The number of nitrogens with zero attached hydrogens (tertiary/aromatic N) is 6. The number of aromatic nitrogens is 4. The van der Waals surface area contributed by atoms with Crippen molar-refractivity contribution in [3.8, 4) is 17.9 Å². The van der Waals surface area contributed by atoms with Crippen molar-refractivity contribution in [2.75, 3.05) is 30.8 Å². The van der Waals surface area contributed by atoms with E-state index >= 15 is 0 Å². The summed E-state index contributed by atoms with van der Waals surface area (Å²) in [6.45, 7) is 6.97. The van der Waals surface area contributed by atoms with E-state index < -0.39 is 11.9 Å². The SMILES string of the molecule is CC(C)c1cnn2c(NCc3ccc(NC(=O)CCCCC#Cc4cccc5c4CN(C4CCC(=O)NC4=O)C5=O)cc3)nc(OC3CCN(C)CC3)nc12.